The largest absolute Gasteiger partial charge is 0.457 e. The van der Waals surface area contributed by atoms with Crippen molar-refractivity contribution in [3.63, 3.8) is 0 Å². The van der Waals surface area contributed by atoms with Crippen LogP contribution in [0.2, 0.25) is 0 Å². The lowest BCUT2D eigenvalue weighted by Gasteiger charge is -2.19. The summed E-state index contributed by atoms with van der Waals surface area (Å²) in [4.78, 5) is 2.14. The molecule has 1 aliphatic rings. The van der Waals surface area contributed by atoms with Gasteiger partial charge < -0.3 is 9.64 Å². The highest BCUT2D eigenvalue weighted by molar-refractivity contribution is 5.49. The SMILES string of the molecule is CN(Cc1nnnn1C1CC1)c1ccc(Oc2ccccc2)cc1. The van der Waals surface area contributed by atoms with Crippen molar-refractivity contribution in [2.45, 2.75) is 25.4 Å². The number of nitrogens with zero attached hydrogens (tertiary/aromatic N) is 5. The van der Waals surface area contributed by atoms with E-state index in [1.54, 1.807) is 0 Å². The van der Waals surface area contributed by atoms with Crippen molar-refractivity contribution < 1.29 is 4.74 Å². The van der Waals surface area contributed by atoms with Crippen LogP contribution in [0.1, 0.15) is 24.7 Å². The summed E-state index contributed by atoms with van der Waals surface area (Å²) in [5.74, 6) is 2.56. The Hall–Kier alpha value is -2.89. The van der Waals surface area contributed by atoms with E-state index in [9.17, 15) is 0 Å². The van der Waals surface area contributed by atoms with Crippen LogP contribution in [0.25, 0.3) is 0 Å². The molecule has 0 saturated heterocycles. The monoisotopic (exact) mass is 321 g/mol. The van der Waals surface area contributed by atoms with E-state index in [1.807, 2.05) is 66.3 Å². The molecule has 0 radical (unpaired) electrons. The Balaban J connectivity index is 1.43. The molecule has 6 nitrogen and oxygen atoms in total. The Bertz CT molecular complexity index is 796. The normalized spacial score (nSPS) is 13.7. The zero-order valence-corrected chi connectivity index (χ0v) is 13.5. The van der Waals surface area contributed by atoms with Crippen molar-refractivity contribution >= 4 is 5.69 Å². The second kappa shape index (κ2) is 6.31. The summed E-state index contributed by atoms with van der Waals surface area (Å²) in [7, 11) is 2.04. The lowest BCUT2D eigenvalue weighted by molar-refractivity contribution is 0.482. The molecule has 122 valence electrons. The van der Waals surface area contributed by atoms with Gasteiger partial charge >= 0.3 is 0 Å². The number of tetrazole rings is 1. The first-order valence-corrected chi connectivity index (χ1v) is 8.10. The molecule has 2 aromatic carbocycles. The predicted molar refractivity (Wildman–Crippen MR) is 91.2 cm³/mol. The van der Waals surface area contributed by atoms with E-state index in [1.165, 1.54) is 12.8 Å². The maximum absolute atomic E-state index is 5.82. The van der Waals surface area contributed by atoms with Crippen LogP contribution in [0.4, 0.5) is 5.69 Å². The molecule has 0 spiro atoms. The quantitative estimate of drug-likeness (QED) is 0.696. The average molecular weight is 321 g/mol. The van der Waals surface area contributed by atoms with Crippen molar-refractivity contribution in [3.05, 3.63) is 60.4 Å². The number of benzene rings is 2. The van der Waals surface area contributed by atoms with Gasteiger partial charge in [0.2, 0.25) is 0 Å². The smallest absolute Gasteiger partial charge is 0.170 e. The number of para-hydroxylation sites is 1. The molecule has 1 heterocycles. The molecule has 3 aromatic rings. The summed E-state index contributed by atoms with van der Waals surface area (Å²) in [6, 6.07) is 18.3. The first-order chi connectivity index (χ1) is 11.8. The number of aromatic nitrogens is 4. The first-order valence-electron chi connectivity index (χ1n) is 8.10. The molecule has 0 amide bonds. The van der Waals surface area contributed by atoms with Crippen LogP contribution in [-0.4, -0.2) is 27.3 Å². The number of hydrogen-bond acceptors (Lipinski definition) is 5. The molecule has 0 bridgehead atoms. The summed E-state index contributed by atoms with van der Waals surface area (Å²) >= 11 is 0. The van der Waals surface area contributed by atoms with Gasteiger partial charge in [0.1, 0.15) is 11.5 Å². The van der Waals surface area contributed by atoms with Gasteiger partial charge in [-0.2, -0.15) is 0 Å². The fourth-order valence-electron chi connectivity index (χ4n) is 2.62. The third-order valence-electron chi connectivity index (χ3n) is 4.09. The second-order valence-corrected chi connectivity index (χ2v) is 6.04. The molecule has 4 rings (SSSR count). The Morgan fingerprint density at radius 2 is 1.75 bits per heavy atom. The van der Waals surface area contributed by atoms with E-state index in [0.717, 1.165) is 23.0 Å². The molecule has 0 unspecified atom stereocenters. The maximum atomic E-state index is 5.82. The second-order valence-electron chi connectivity index (χ2n) is 6.04. The molecular formula is C18H19N5O. The van der Waals surface area contributed by atoms with Crippen molar-refractivity contribution in [1.82, 2.24) is 20.2 Å². The summed E-state index contributed by atoms with van der Waals surface area (Å²) < 4.78 is 7.77. The number of hydrogen-bond donors (Lipinski definition) is 0. The van der Waals surface area contributed by atoms with Gasteiger partial charge in [0, 0.05) is 12.7 Å². The maximum Gasteiger partial charge on any atom is 0.170 e. The minimum atomic E-state index is 0.491. The summed E-state index contributed by atoms with van der Waals surface area (Å²) in [5, 5.41) is 12.1. The fraction of sp³-hybridized carbons (Fsp3) is 0.278. The molecule has 6 heteroatoms. The minimum absolute atomic E-state index is 0.491. The molecular weight excluding hydrogens is 302 g/mol. The zero-order valence-electron chi connectivity index (χ0n) is 13.5. The summed E-state index contributed by atoms with van der Waals surface area (Å²) in [5.41, 5.74) is 1.10. The van der Waals surface area contributed by atoms with Gasteiger partial charge in [-0.1, -0.05) is 18.2 Å². The Morgan fingerprint density at radius 3 is 2.46 bits per heavy atom. The molecule has 0 aliphatic heterocycles. The van der Waals surface area contributed by atoms with Crippen molar-refractivity contribution in [3.8, 4) is 11.5 Å². The average Bonchev–Trinajstić information content (AvgIpc) is 3.36. The Morgan fingerprint density at radius 1 is 1.04 bits per heavy atom. The topological polar surface area (TPSA) is 56.1 Å². The molecule has 0 N–H and O–H groups in total. The van der Waals surface area contributed by atoms with Crippen molar-refractivity contribution in [2.75, 3.05) is 11.9 Å². The summed E-state index contributed by atoms with van der Waals surface area (Å²) in [6.45, 7) is 0.683. The van der Waals surface area contributed by atoms with Crippen LogP contribution in [0.3, 0.4) is 0 Å². The molecule has 24 heavy (non-hydrogen) atoms. The third kappa shape index (κ3) is 3.22. The number of anilines is 1. The number of rotatable bonds is 6. The van der Waals surface area contributed by atoms with Crippen LogP contribution >= 0.6 is 0 Å². The van der Waals surface area contributed by atoms with E-state index in [2.05, 4.69) is 20.4 Å². The Labute approximate surface area is 140 Å². The van der Waals surface area contributed by atoms with Crippen LogP contribution in [-0.2, 0) is 6.54 Å². The highest BCUT2D eigenvalue weighted by Crippen LogP contribution is 2.34. The molecule has 1 saturated carbocycles. The van der Waals surface area contributed by atoms with Gasteiger partial charge in [-0.15, -0.1) is 5.10 Å². The van der Waals surface area contributed by atoms with Gasteiger partial charge in [-0.05, 0) is 59.7 Å². The van der Waals surface area contributed by atoms with Gasteiger partial charge in [0.05, 0.1) is 12.6 Å². The lowest BCUT2D eigenvalue weighted by atomic mass is 10.2. The number of ether oxygens (including phenoxy) is 1. The summed E-state index contributed by atoms with van der Waals surface area (Å²) in [6.07, 6.45) is 2.35. The molecule has 0 atom stereocenters. The molecule has 1 aromatic heterocycles. The van der Waals surface area contributed by atoms with E-state index in [4.69, 9.17) is 4.74 Å². The fourth-order valence-corrected chi connectivity index (χ4v) is 2.62. The van der Waals surface area contributed by atoms with E-state index in [-0.39, 0.29) is 0 Å². The lowest BCUT2D eigenvalue weighted by Crippen LogP contribution is -2.19. The highest BCUT2D eigenvalue weighted by atomic mass is 16.5. The zero-order chi connectivity index (χ0) is 16.4. The van der Waals surface area contributed by atoms with E-state index in [0.29, 0.717) is 12.6 Å². The van der Waals surface area contributed by atoms with Crippen LogP contribution in [0, 0.1) is 0 Å². The predicted octanol–water partition coefficient (Wildman–Crippen LogP) is 3.44. The van der Waals surface area contributed by atoms with E-state index < -0.39 is 0 Å². The van der Waals surface area contributed by atoms with Crippen molar-refractivity contribution in [2.24, 2.45) is 0 Å². The molecule has 1 fully saturated rings. The van der Waals surface area contributed by atoms with Gasteiger partial charge in [0.15, 0.2) is 5.82 Å². The van der Waals surface area contributed by atoms with Crippen LogP contribution in [0.5, 0.6) is 11.5 Å². The first kappa shape index (κ1) is 14.7. The van der Waals surface area contributed by atoms with Crippen LogP contribution < -0.4 is 9.64 Å². The molecule has 1 aliphatic carbocycles. The van der Waals surface area contributed by atoms with Gasteiger partial charge in [-0.25, -0.2) is 4.68 Å². The minimum Gasteiger partial charge on any atom is -0.457 e. The highest BCUT2D eigenvalue weighted by Gasteiger charge is 2.27. The Kier molecular flexibility index (Phi) is 3.86. The van der Waals surface area contributed by atoms with E-state index >= 15 is 0 Å². The van der Waals surface area contributed by atoms with Crippen molar-refractivity contribution in [1.29, 1.82) is 0 Å². The van der Waals surface area contributed by atoms with Gasteiger partial charge in [-0.3, -0.25) is 0 Å². The van der Waals surface area contributed by atoms with Gasteiger partial charge in [0.25, 0.3) is 0 Å². The van der Waals surface area contributed by atoms with Crippen LogP contribution in [0.15, 0.2) is 54.6 Å². The third-order valence-corrected chi connectivity index (χ3v) is 4.09. The standard InChI is InChI=1S/C18H19N5O/c1-22(13-18-19-20-21-23(18)15-7-8-15)14-9-11-17(12-10-14)24-16-5-3-2-4-6-16/h2-6,9-12,15H,7-8,13H2,1H3.